The Morgan fingerprint density at radius 2 is 1.50 bits per heavy atom. The molecule has 4 aromatic rings. The molecule has 0 atom stereocenters. The van der Waals surface area contributed by atoms with Crippen LogP contribution in [-0.2, 0) is 6.54 Å². The minimum atomic E-state index is -0.173. The number of pyridine rings is 1. The van der Waals surface area contributed by atoms with Crippen molar-refractivity contribution in [2.75, 3.05) is 4.90 Å². The van der Waals surface area contributed by atoms with E-state index in [1.807, 2.05) is 93.6 Å². The van der Waals surface area contributed by atoms with E-state index in [-0.39, 0.29) is 18.0 Å². The molecule has 0 spiro atoms. The molecule has 0 saturated heterocycles. The van der Waals surface area contributed by atoms with Crippen LogP contribution in [0.1, 0.15) is 32.6 Å². The molecule has 1 amide bonds. The summed E-state index contributed by atoms with van der Waals surface area (Å²) in [4.78, 5) is 31.1. The summed E-state index contributed by atoms with van der Waals surface area (Å²) in [6, 6.07) is 23.1. The third kappa shape index (κ3) is 3.64. The number of carbonyl (C=O) groups is 1. The number of amides is 1. The number of anilines is 1. The maximum atomic E-state index is 13.6. The second kappa shape index (κ2) is 7.99. The van der Waals surface area contributed by atoms with E-state index in [1.165, 1.54) is 0 Å². The van der Waals surface area contributed by atoms with Gasteiger partial charge in [0.05, 0.1) is 12.1 Å². The highest BCUT2D eigenvalue weighted by molar-refractivity contribution is 6.07. The zero-order valence-corrected chi connectivity index (χ0v) is 17.4. The molecule has 1 heterocycles. The Morgan fingerprint density at radius 3 is 2.23 bits per heavy atom. The fraction of sp³-hybridized carbons (Fsp3) is 0.154. The summed E-state index contributed by atoms with van der Waals surface area (Å²) in [5, 5.41) is 0.956. The molecular weight excluding hydrogens is 372 g/mol. The molecule has 0 aliphatic rings. The molecule has 4 nitrogen and oxygen atoms in total. The number of hydrogen-bond acceptors (Lipinski definition) is 2. The fourth-order valence-electron chi connectivity index (χ4n) is 3.81. The third-order valence-corrected chi connectivity index (χ3v) is 5.52. The molecule has 3 aromatic carbocycles. The lowest BCUT2D eigenvalue weighted by Crippen LogP contribution is -2.33. The number of aromatic nitrogens is 1. The molecule has 0 radical (unpaired) electrons. The van der Waals surface area contributed by atoms with Gasteiger partial charge in [-0.1, -0.05) is 54.6 Å². The highest BCUT2D eigenvalue weighted by Gasteiger charge is 2.22. The molecule has 0 bridgehead atoms. The monoisotopic (exact) mass is 396 g/mol. The van der Waals surface area contributed by atoms with Crippen LogP contribution >= 0.6 is 0 Å². The maximum Gasteiger partial charge on any atom is 0.258 e. The lowest BCUT2D eigenvalue weighted by atomic mass is 10.0. The number of hydrogen-bond donors (Lipinski definition) is 1. The molecule has 0 unspecified atom stereocenters. The summed E-state index contributed by atoms with van der Waals surface area (Å²) in [5.74, 6) is -0.119. The van der Waals surface area contributed by atoms with Gasteiger partial charge in [0.2, 0.25) is 0 Å². The van der Waals surface area contributed by atoms with Crippen LogP contribution in [-0.4, -0.2) is 10.9 Å². The number of H-pyrrole nitrogens is 1. The first kappa shape index (κ1) is 19.6. The van der Waals surface area contributed by atoms with Crippen LogP contribution in [0.3, 0.4) is 0 Å². The average molecular weight is 396 g/mol. The highest BCUT2D eigenvalue weighted by atomic mass is 16.2. The molecule has 4 heteroatoms. The van der Waals surface area contributed by atoms with Crippen LogP contribution in [0, 0.1) is 20.8 Å². The molecule has 4 rings (SSSR count). The third-order valence-electron chi connectivity index (χ3n) is 5.52. The predicted octanol–water partition coefficient (Wildman–Crippen LogP) is 5.30. The summed E-state index contributed by atoms with van der Waals surface area (Å²) < 4.78 is 0. The predicted molar refractivity (Wildman–Crippen MR) is 122 cm³/mol. The Hall–Kier alpha value is -3.66. The van der Waals surface area contributed by atoms with Crippen molar-refractivity contribution in [1.82, 2.24) is 4.98 Å². The normalized spacial score (nSPS) is 10.9. The van der Waals surface area contributed by atoms with Gasteiger partial charge >= 0.3 is 0 Å². The second-order valence-corrected chi connectivity index (χ2v) is 7.66. The van der Waals surface area contributed by atoms with Gasteiger partial charge in [0, 0.05) is 16.8 Å². The lowest BCUT2D eigenvalue weighted by Gasteiger charge is -2.25. The minimum absolute atomic E-state index is 0.119. The smallest absolute Gasteiger partial charge is 0.258 e. The van der Waals surface area contributed by atoms with E-state index in [2.05, 4.69) is 4.98 Å². The van der Waals surface area contributed by atoms with Crippen molar-refractivity contribution in [3.05, 3.63) is 111 Å². The van der Waals surface area contributed by atoms with E-state index in [0.717, 1.165) is 33.3 Å². The second-order valence-electron chi connectivity index (χ2n) is 7.66. The molecular formula is C26H24N2O2. The van der Waals surface area contributed by atoms with Crippen molar-refractivity contribution in [1.29, 1.82) is 0 Å². The summed E-state index contributed by atoms with van der Waals surface area (Å²) in [5.41, 5.74) is 5.55. The Bertz CT molecular complexity index is 1300. The van der Waals surface area contributed by atoms with Gasteiger partial charge in [0.25, 0.3) is 11.5 Å². The van der Waals surface area contributed by atoms with E-state index in [0.29, 0.717) is 11.1 Å². The van der Waals surface area contributed by atoms with E-state index in [9.17, 15) is 9.59 Å². The molecule has 1 aromatic heterocycles. The van der Waals surface area contributed by atoms with Crippen LogP contribution in [0.25, 0.3) is 10.9 Å². The quantitative estimate of drug-likeness (QED) is 0.509. The summed E-state index contributed by atoms with van der Waals surface area (Å²) in [6.45, 7) is 6.06. The standard InChI is InChI=1S/C26H24N2O2/c1-17-9-4-6-13-22(17)26(30)28(23-14-7-5-10-18(23)2)16-21-15-20-12-8-11-19(3)24(20)27-25(21)29/h4-15H,16H2,1-3H3,(H,27,29). The van der Waals surface area contributed by atoms with E-state index < -0.39 is 0 Å². The SMILES string of the molecule is Cc1ccccc1C(=O)N(Cc1cc2cccc(C)c2[nH]c1=O)c1ccccc1C. The number of benzene rings is 3. The number of aryl methyl sites for hydroxylation is 3. The summed E-state index contributed by atoms with van der Waals surface area (Å²) >= 11 is 0. The first-order chi connectivity index (χ1) is 14.5. The van der Waals surface area contributed by atoms with Gasteiger partial charge in [0.15, 0.2) is 0 Å². The number of fused-ring (bicyclic) bond motifs is 1. The van der Waals surface area contributed by atoms with Crippen LogP contribution in [0.4, 0.5) is 5.69 Å². The highest BCUT2D eigenvalue weighted by Crippen LogP contribution is 2.25. The van der Waals surface area contributed by atoms with Crippen molar-refractivity contribution >= 4 is 22.5 Å². The van der Waals surface area contributed by atoms with Gasteiger partial charge in [-0.05, 0) is 61.0 Å². The van der Waals surface area contributed by atoms with Crippen LogP contribution in [0.5, 0.6) is 0 Å². The molecule has 0 saturated carbocycles. The number of nitrogens with zero attached hydrogens (tertiary/aromatic N) is 1. The van der Waals surface area contributed by atoms with Gasteiger partial charge < -0.3 is 9.88 Å². The summed E-state index contributed by atoms with van der Waals surface area (Å²) in [6.07, 6.45) is 0. The summed E-state index contributed by atoms with van der Waals surface area (Å²) in [7, 11) is 0. The van der Waals surface area contributed by atoms with Gasteiger partial charge in [-0.3, -0.25) is 9.59 Å². The number of rotatable bonds is 4. The van der Waals surface area contributed by atoms with E-state index in [4.69, 9.17) is 0 Å². The minimum Gasteiger partial charge on any atom is -0.321 e. The molecule has 0 aliphatic heterocycles. The maximum absolute atomic E-state index is 13.6. The largest absolute Gasteiger partial charge is 0.321 e. The van der Waals surface area contributed by atoms with Crippen molar-refractivity contribution in [3.8, 4) is 0 Å². The molecule has 150 valence electrons. The number of para-hydroxylation sites is 2. The van der Waals surface area contributed by atoms with E-state index in [1.54, 1.807) is 4.90 Å². The zero-order valence-electron chi connectivity index (χ0n) is 17.4. The first-order valence-electron chi connectivity index (χ1n) is 10.0. The number of carbonyl (C=O) groups excluding carboxylic acids is 1. The van der Waals surface area contributed by atoms with Crippen molar-refractivity contribution < 1.29 is 4.79 Å². The van der Waals surface area contributed by atoms with E-state index >= 15 is 0 Å². The van der Waals surface area contributed by atoms with Crippen molar-refractivity contribution in [3.63, 3.8) is 0 Å². The Labute approximate surface area is 175 Å². The van der Waals surface area contributed by atoms with Crippen LogP contribution < -0.4 is 10.5 Å². The fourth-order valence-corrected chi connectivity index (χ4v) is 3.81. The van der Waals surface area contributed by atoms with Crippen molar-refractivity contribution in [2.45, 2.75) is 27.3 Å². The number of nitrogens with one attached hydrogen (secondary N) is 1. The van der Waals surface area contributed by atoms with Gasteiger partial charge in [-0.25, -0.2) is 0 Å². The first-order valence-corrected chi connectivity index (χ1v) is 10.0. The topological polar surface area (TPSA) is 53.2 Å². The Balaban J connectivity index is 1.83. The Kier molecular flexibility index (Phi) is 5.23. The van der Waals surface area contributed by atoms with Gasteiger partial charge in [-0.2, -0.15) is 0 Å². The molecule has 1 N–H and O–H groups in total. The molecule has 0 fully saturated rings. The lowest BCUT2D eigenvalue weighted by molar-refractivity contribution is 0.0984. The molecule has 0 aliphatic carbocycles. The van der Waals surface area contributed by atoms with Crippen LogP contribution in [0.2, 0.25) is 0 Å². The number of aromatic amines is 1. The van der Waals surface area contributed by atoms with Gasteiger partial charge in [-0.15, -0.1) is 0 Å². The zero-order chi connectivity index (χ0) is 21.3. The Morgan fingerprint density at radius 1 is 0.833 bits per heavy atom. The van der Waals surface area contributed by atoms with Crippen molar-refractivity contribution in [2.24, 2.45) is 0 Å². The van der Waals surface area contributed by atoms with Gasteiger partial charge in [0.1, 0.15) is 0 Å². The molecule has 30 heavy (non-hydrogen) atoms. The average Bonchev–Trinajstić information content (AvgIpc) is 2.73. The van der Waals surface area contributed by atoms with Crippen LogP contribution in [0.15, 0.2) is 77.6 Å².